The predicted octanol–water partition coefficient (Wildman–Crippen LogP) is 4.67. The Labute approximate surface area is 188 Å². The van der Waals surface area contributed by atoms with Crippen LogP contribution in [0.2, 0.25) is 0 Å². The Morgan fingerprint density at radius 3 is 2.72 bits per heavy atom. The Morgan fingerprint density at radius 1 is 0.969 bits per heavy atom. The average Bonchev–Trinajstić information content (AvgIpc) is 3.43. The first kappa shape index (κ1) is 18.8. The zero-order chi connectivity index (χ0) is 21.3. The third-order valence-electron chi connectivity index (χ3n) is 5.93. The van der Waals surface area contributed by atoms with Gasteiger partial charge < -0.3 is 16.0 Å². The highest BCUT2D eigenvalue weighted by atomic mass is 15.4. The van der Waals surface area contributed by atoms with Crippen molar-refractivity contribution in [2.45, 2.75) is 18.9 Å². The van der Waals surface area contributed by atoms with Gasteiger partial charge in [-0.3, -0.25) is 5.10 Å². The van der Waals surface area contributed by atoms with Crippen molar-refractivity contribution >= 4 is 34.0 Å². The van der Waals surface area contributed by atoms with Crippen LogP contribution in [0.4, 0.5) is 17.5 Å². The second-order valence-corrected chi connectivity index (χ2v) is 8.11. The fourth-order valence-corrected chi connectivity index (χ4v) is 4.28. The minimum Gasteiger partial charge on any atom is -0.365 e. The molecule has 0 unspecified atom stereocenters. The molecule has 2 aromatic carbocycles. The van der Waals surface area contributed by atoms with Crippen molar-refractivity contribution in [1.82, 2.24) is 30.1 Å². The van der Waals surface area contributed by atoms with E-state index in [9.17, 15) is 0 Å². The quantitative estimate of drug-likeness (QED) is 0.325. The van der Waals surface area contributed by atoms with Gasteiger partial charge in [-0.2, -0.15) is 10.1 Å². The molecule has 0 aliphatic carbocycles. The first-order valence-corrected chi connectivity index (χ1v) is 11.0. The molecular weight excluding hydrogens is 400 g/mol. The molecule has 8 nitrogen and oxygen atoms in total. The molecule has 0 atom stereocenters. The van der Waals surface area contributed by atoms with Crippen molar-refractivity contribution in [3.63, 3.8) is 0 Å². The highest BCUT2D eigenvalue weighted by Gasteiger charge is 2.16. The number of rotatable bonds is 5. The zero-order valence-electron chi connectivity index (χ0n) is 17.5. The van der Waals surface area contributed by atoms with E-state index < -0.39 is 0 Å². The van der Waals surface area contributed by atoms with Gasteiger partial charge in [-0.1, -0.05) is 36.4 Å². The molecule has 164 valence electrons. The minimum absolute atomic E-state index is 0. The van der Waals surface area contributed by atoms with Crippen LogP contribution in [-0.4, -0.2) is 43.9 Å². The van der Waals surface area contributed by atoms with Crippen LogP contribution < -0.4 is 16.0 Å². The van der Waals surface area contributed by atoms with Gasteiger partial charge in [0.15, 0.2) is 11.5 Å². The Kier molecular flexibility index (Phi) is 4.69. The first-order chi connectivity index (χ1) is 15.8. The molecule has 8 heteroatoms. The van der Waals surface area contributed by atoms with E-state index in [0.29, 0.717) is 12.0 Å². The van der Waals surface area contributed by atoms with Gasteiger partial charge >= 0.3 is 0 Å². The Hall–Kier alpha value is -3.91. The third-order valence-corrected chi connectivity index (χ3v) is 5.93. The van der Waals surface area contributed by atoms with Crippen molar-refractivity contribution < 1.29 is 2.85 Å². The summed E-state index contributed by atoms with van der Waals surface area (Å²) in [7, 11) is 0. The second-order valence-electron chi connectivity index (χ2n) is 8.11. The summed E-state index contributed by atoms with van der Waals surface area (Å²) in [5.74, 6) is 1.47. The summed E-state index contributed by atoms with van der Waals surface area (Å²) in [6, 6.07) is 22.8. The highest BCUT2D eigenvalue weighted by Crippen LogP contribution is 2.27. The number of nitrogens with one attached hydrogen (secondary N) is 4. The molecule has 1 saturated heterocycles. The molecule has 5 aromatic rings. The number of pyridine rings is 1. The number of H-pyrrole nitrogens is 1. The standard InChI is InChI=1S/C24H24N8.2H2/c1-2-5-16(6-3-1)21-7-4-8-22-28-24(31-32(21)22)27-18-9-10-19-20(15-18)29-30-23(19)26-17-11-13-25-14-12-17;;/h1-10,15,17,25H,11-14H2,(H,27,31)(H2,26,29,30);2*1H. The molecule has 1 aliphatic rings. The fraction of sp³-hybridized carbons (Fsp3) is 0.208. The third kappa shape index (κ3) is 3.54. The van der Waals surface area contributed by atoms with E-state index in [1.165, 1.54) is 0 Å². The van der Waals surface area contributed by atoms with Crippen molar-refractivity contribution in [2.75, 3.05) is 23.7 Å². The fourth-order valence-electron chi connectivity index (χ4n) is 4.28. The van der Waals surface area contributed by atoms with E-state index in [4.69, 9.17) is 5.10 Å². The first-order valence-electron chi connectivity index (χ1n) is 11.0. The van der Waals surface area contributed by atoms with E-state index in [0.717, 1.165) is 65.2 Å². The molecule has 3 aromatic heterocycles. The SMILES string of the molecule is [HH].[HH].c1ccc(-c2cccc3nc(Nc4ccc5c(NC6CCNCC6)n[nH]c5c4)nn23)cc1. The van der Waals surface area contributed by atoms with Crippen LogP contribution in [0.1, 0.15) is 15.7 Å². The normalized spacial score (nSPS) is 14.8. The number of nitrogens with zero attached hydrogens (tertiary/aromatic N) is 4. The largest absolute Gasteiger partial charge is 0.365 e. The summed E-state index contributed by atoms with van der Waals surface area (Å²) in [6.45, 7) is 2.10. The van der Waals surface area contributed by atoms with Gasteiger partial charge in [-0.05, 0) is 56.3 Å². The van der Waals surface area contributed by atoms with Gasteiger partial charge in [0.05, 0.1) is 11.2 Å². The molecule has 0 bridgehead atoms. The van der Waals surface area contributed by atoms with Crippen LogP contribution in [0, 0.1) is 0 Å². The van der Waals surface area contributed by atoms with Crippen molar-refractivity contribution in [3.8, 4) is 11.3 Å². The molecular formula is C24H28N8. The number of piperidine rings is 1. The Morgan fingerprint density at radius 2 is 1.84 bits per heavy atom. The lowest BCUT2D eigenvalue weighted by atomic mass is 10.1. The molecule has 1 fully saturated rings. The highest BCUT2D eigenvalue weighted by molar-refractivity contribution is 5.92. The average molecular weight is 429 g/mol. The number of hydrogen-bond acceptors (Lipinski definition) is 6. The zero-order valence-corrected chi connectivity index (χ0v) is 17.5. The van der Waals surface area contributed by atoms with E-state index >= 15 is 0 Å². The molecule has 0 saturated carbocycles. The van der Waals surface area contributed by atoms with Crippen LogP contribution in [0.3, 0.4) is 0 Å². The van der Waals surface area contributed by atoms with E-state index in [-0.39, 0.29) is 2.85 Å². The van der Waals surface area contributed by atoms with Gasteiger partial charge in [0, 0.05) is 25.5 Å². The van der Waals surface area contributed by atoms with Gasteiger partial charge in [-0.25, -0.2) is 4.52 Å². The van der Waals surface area contributed by atoms with Crippen LogP contribution in [0.25, 0.3) is 27.8 Å². The lowest BCUT2D eigenvalue weighted by Crippen LogP contribution is -2.35. The predicted molar refractivity (Wildman–Crippen MR) is 132 cm³/mol. The van der Waals surface area contributed by atoms with Crippen LogP contribution in [-0.2, 0) is 0 Å². The van der Waals surface area contributed by atoms with Gasteiger partial charge in [0.1, 0.15) is 0 Å². The molecule has 4 N–H and O–H groups in total. The van der Waals surface area contributed by atoms with Crippen molar-refractivity contribution in [3.05, 3.63) is 66.7 Å². The summed E-state index contributed by atoms with van der Waals surface area (Å²) in [6.07, 6.45) is 2.22. The lowest BCUT2D eigenvalue weighted by Gasteiger charge is -2.23. The number of benzene rings is 2. The molecule has 32 heavy (non-hydrogen) atoms. The van der Waals surface area contributed by atoms with Crippen LogP contribution >= 0.6 is 0 Å². The molecule has 0 radical (unpaired) electrons. The number of hydrogen-bond donors (Lipinski definition) is 4. The van der Waals surface area contributed by atoms with E-state index in [1.807, 2.05) is 53.0 Å². The number of fused-ring (bicyclic) bond motifs is 2. The maximum absolute atomic E-state index is 4.70. The molecule has 6 rings (SSSR count). The minimum atomic E-state index is 0. The summed E-state index contributed by atoms with van der Waals surface area (Å²) in [5.41, 5.74) is 4.78. The van der Waals surface area contributed by atoms with E-state index in [1.54, 1.807) is 0 Å². The van der Waals surface area contributed by atoms with Crippen molar-refractivity contribution in [2.24, 2.45) is 0 Å². The van der Waals surface area contributed by atoms with Crippen molar-refractivity contribution in [1.29, 1.82) is 0 Å². The molecule has 0 spiro atoms. The smallest absolute Gasteiger partial charge is 0.247 e. The summed E-state index contributed by atoms with van der Waals surface area (Å²) >= 11 is 0. The van der Waals surface area contributed by atoms with Gasteiger partial charge in [0.25, 0.3) is 0 Å². The second kappa shape index (κ2) is 7.97. The number of aromatic amines is 1. The maximum Gasteiger partial charge on any atom is 0.247 e. The summed E-state index contributed by atoms with van der Waals surface area (Å²) < 4.78 is 1.87. The number of aromatic nitrogens is 5. The van der Waals surface area contributed by atoms with E-state index in [2.05, 4.69) is 49.3 Å². The topological polar surface area (TPSA) is 95.0 Å². The molecule has 4 heterocycles. The van der Waals surface area contributed by atoms with Crippen LogP contribution in [0.15, 0.2) is 66.7 Å². The molecule has 0 amide bonds. The number of anilines is 3. The Bertz CT molecular complexity index is 1380. The maximum atomic E-state index is 4.70. The summed E-state index contributed by atoms with van der Waals surface area (Å²) in [5, 5.41) is 23.7. The molecule has 1 aliphatic heterocycles. The van der Waals surface area contributed by atoms with Gasteiger partial charge in [-0.15, -0.1) is 5.10 Å². The Balaban J connectivity index is 0.00000137. The van der Waals surface area contributed by atoms with Gasteiger partial charge in [0.2, 0.25) is 5.95 Å². The summed E-state index contributed by atoms with van der Waals surface area (Å²) in [4.78, 5) is 4.65. The monoisotopic (exact) mass is 428 g/mol. The van der Waals surface area contributed by atoms with Crippen LogP contribution in [0.5, 0.6) is 0 Å². The lowest BCUT2D eigenvalue weighted by molar-refractivity contribution is 0.478.